The highest BCUT2D eigenvalue weighted by Crippen LogP contribution is 2.12. The first-order valence-electron chi connectivity index (χ1n) is 7.02. The lowest BCUT2D eigenvalue weighted by molar-refractivity contribution is -0.115. The Labute approximate surface area is 152 Å². The van der Waals surface area contributed by atoms with Crippen molar-refractivity contribution in [3.63, 3.8) is 0 Å². The topological polar surface area (TPSA) is 84.5 Å². The molecule has 0 spiro atoms. The van der Waals surface area contributed by atoms with Gasteiger partial charge in [0.15, 0.2) is 0 Å². The monoisotopic (exact) mass is 438 g/mol. The van der Waals surface area contributed by atoms with Crippen molar-refractivity contribution in [3.8, 4) is 0 Å². The molecule has 0 aliphatic rings. The Bertz CT molecular complexity index is 777. The van der Waals surface area contributed by atoms with Crippen LogP contribution in [0.25, 0.3) is 0 Å². The maximum Gasteiger partial charge on any atom is 0.337 e. The first-order valence-corrected chi connectivity index (χ1v) is 8.10. The summed E-state index contributed by atoms with van der Waals surface area (Å²) in [7, 11) is 1.29. The number of esters is 1. The lowest BCUT2D eigenvalue weighted by Gasteiger charge is -2.09. The third-order valence-corrected chi connectivity index (χ3v) is 4.04. The smallest absolute Gasteiger partial charge is 0.337 e. The number of amides is 2. The number of rotatable bonds is 5. The molecule has 2 rings (SSSR count). The van der Waals surface area contributed by atoms with Crippen LogP contribution in [0, 0.1) is 3.57 Å². The number of hydrogen-bond acceptors (Lipinski definition) is 4. The van der Waals surface area contributed by atoms with Gasteiger partial charge >= 0.3 is 5.97 Å². The zero-order valence-electron chi connectivity index (χ0n) is 12.8. The Balaban J connectivity index is 1.93. The summed E-state index contributed by atoms with van der Waals surface area (Å²) >= 11 is 2.06. The minimum absolute atomic E-state index is 0.174. The van der Waals surface area contributed by atoms with Crippen molar-refractivity contribution < 1.29 is 19.1 Å². The van der Waals surface area contributed by atoms with E-state index in [1.165, 1.54) is 13.2 Å². The van der Waals surface area contributed by atoms with E-state index < -0.39 is 11.9 Å². The van der Waals surface area contributed by atoms with Gasteiger partial charge in [-0.2, -0.15) is 0 Å². The van der Waals surface area contributed by atoms with Gasteiger partial charge in [-0.3, -0.25) is 9.59 Å². The maximum atomic E-state index is 12.0. The first kappa shape index (κ1) is 17.9. The van der Waals surface area contributed by atoms with Crippen LogP contribution in [0.2, 0.25) is 0 Å². The van der Waals surface area contributed by atoms with E-state index in [0.717, 1.165) is 3.57 Å². The number of methoxy groups -OCH3 is 1. The minimum Gasteiger partial charge on any atom is -0.465 e. The molecule has 6 nitrogen and oxygen atoms in total. The van der Waals surface area contributed by atoms with Crippen LogP contribution in [-0.4, -0.2) is 31.4 Å². The fraction of sp³-hybridized carbons (Fsp3) is 0.118. The van der Waals surface area contributed by atoms with Gasteiger partial charge in [-0.05, 0) is 52.9 Å². The highest BCUT2D eigenvalue weighted by atomic mass is 127. The Hall–Kier alpha value is -2.42. The Morgan fingerprint density at radius 1 is 1.08 bits per heavy atom. The third-order valence-electron chi connectivity index (χ3n) is 3.10. The summed E-state index contributed by atoms with van der Waals surface area (Å²) in [6.07, 6.45) is 0. The average Bonchev–Trinajstić information content (AvgIpc) is 2.59. The van der Waals surface area contributed by atoms with E-state index in [-0.39, 0.29) is 12.5 Å². The van der Waals surface area contributed by atoms with Gasteiger partial charge in [0.05, 0.1) is 24.8 Å². The summed E-state index contributed by atoms with van der Waals surface area (Å²) in [6, 6.07) is 13.5. The highest BCUT2D eigenvalue weighted by Gasteiger charge is 2.11. The van der Waals surface area contributed by atoms with Crippen molar-refractivity contribution in [2.24, 2.45) is 0 Å². The fourth-order valence-electron chi connectivity index (χ4n) is 1.95. The Morgan fingerprint density at radius 3 is 2.54 bits per heavy atom. The van der Waals surface area contributed by atoms with Crippen molar-refractivity contribution in [1.29, 1.82) is 0 Å². The van der Waals surface area contributed by atoms with Gasteiger partial charge in [-0.15, -0.1) is 0 Å². The number of benzene rings is 2. The molecule has 0 aliphatic carbocycles. The SMILES string of the molecule is COC(=O)c1cccc(NC(=O)CNC(=O)c2ccccc2I)c1. The molecule has 0 atom stereocenters. The van der Waals surface area contributed by atoms with Crippen LogP contribution in [0.3, 0.4) is 0 Å². The molecular formula is C17H15IN2O4. The predicted molar refractivity (Wildman–Crippen MR) is 97.9 cm³/mol. The second-order valence-electron chi connectivity index (χ2n) is 4.78. The van der Waals surface area contributed by atoms with Crippen LogP contribution < -0.4 is 10.6 Å². The van der Waals surface area contributed by atoms with Gasteiger partial charge in [0, 0.05) is 9.26 Å². The highest BCUT2D eigenvalue weighted by molar-refractivity contribution is 14.1. The standard InChI is InChI=1S/C17H15IN2O4/c1-24-17(23)11-5-4-6-12(9-11)20-15(21)10-19-16(22)13-7-2-3-8-14(13)18/h2-9H,10H2,1H3,(H,19,22)(H,20,21). The van der Waals surface area contributed by atoms with Gasteiger partial charge in [-0.1, -0.05) is 18.2 Å². The summed E-state index contributed by atoms with van der Waals surface area (Å²) in [5.74, 6) is -1.20. The van der Waals surface area contributed by atoms with Crippen molar-refractivity contribution in [1.82, 2.24) is 5.32 Å². The quantitative estimate of drug-likeness (QED) is 0.555. The van der Waals surface area contributed by atoms with Crippen molar-refractivity contribution in [2.45, 2.75) is 0 Å². The van der Waals surface area contributed by atoms with Gasteiger partial charge in [0.2, 0.25) is 5.91 Å². The molecule has 0 saturated heterocycles. The zero-order chi connectivity index (χ0) is 17.5. The molecule has 0 saturated carbocycles. The molecule has 0 radical (unpaired) electrons. The van der Waals surface area contributed by atoms with E-state index in [4.69, 9.17) is 0 Å². The maximum absolute atomic E-state index is 12.0. The summed E-state index contributed by atoms with van der Waals surface area (Å²) < 4.78 is 5.43. The Kier molecular flexibility index (Phi) is 6.30. The number of ether oxygens (including phenoxy) is 1. The number of anilines is 1. The minimum atomic E-state index is -0.488. The van der Waals surface area contributed by atoms with Crippen LogP contribution >= 0.6 is 22.6 Å². The molecule has 7 heteroatoms. The van der Waals surface area contributed by atoms with Gasteiger partial charge in [0.1, 0.15) is 0 Å². The molecule has 0 heterocycles. The lowest BCUT2D eigenvalue weighted by Crippen LogP contribution is -2.33. The lowest BCUT2D eigenvalue weighted by atomic mass is 10.2. The van der Waals surface area contributed by atoms with Gasteiger partial charge < -0.3 is 15.4 Å². The number of hydrogen-bond donors (Lipinski definition) is 2. The molecule has 124 valence electrons. The first-order chi connectivity index (χ1) is 11.5. The van der Waals surface area contributed by atoms with Crippen molar-refractivity contribution in [2.75, 3.05) is 19.0 Å². The Morgan fingerprint density at radius 2 is 1.83 bits per heavy atom. The number of nitrogens with one attached hydrogen (secondary N) is 2. The van der Waals surface area contributed by atoms with E-state index in [1.54, 1.807) is 30.3 Å². The van der Waals surface area contributed by atoms with E-state index in [1.807, 2.05) is 12.1 Å². The number of halogens is 1. The van der Waals surface area contributed by atoms with E-state index in [0.29, 0.717) is 16.8 Å². The normalized spacial score (nSPS) is 9.92. The fourth-order valence-corrected chi connectivity index (χ4v) is 2.58. The predicted octanol–water partition coefficient (Wildman–Crippen LogP) is 2.45. The van der Waals surface area contributed by atoms with Crippen LogP contribution in [0.4, 0.5) is 5.69 Å². The molecule has 0 bridgehead atoms. The molecule has 0 aliphatic heterocycles. The van der Waals surface area contributed by atoms with Crippen LogP contribution in [0.1, 0.15) is 20.7 Å². The van der Waals surface area contributed by atoms with Crippen LogP contribution in [0.5, 0.6) is 0 Å². The largest absolute Gasteiger partial charge is 0.465 e. The molecule has 0 aromatic heterocycles. The summed E-state index contributed by atoms with van der Waals surface area (Å²) in [5.41, 5.74) is 1.29. The van der Waals surface area contributed by atoms with Crippen LogP contribution in [0.15, 0.2) is 48.5 Å². The van der Waals surface area contributed by atoms with Crippen molar-refractivity contribution in [3.05, 3.63) is 63.2 Å². The summed E-state index contributed by atoms with van der Waals surface area (Å²) in [5, 5.41) is 5.18. The second-order valence-corrected chi connectivity index (χ2v) is 5.95. The molecule has 2 aromatic carbocycles. The van der Waals surface area contributed by atoms with Crippen molar-refractivity contribution >= 4 is 46.1 Å². The number of carbonyl (C=O) groups is 3. The van der Waals surface area contributed by atoms with Gasteiger partial charge in [0.25, 0.3) is 5.91 Å². The average molecular weight is 438 g/mol. The van der Waals surface area contributed by atoms with E-state index in [9.17, 15) is 14.4 Å². The zero-order valence-corrected chi connectivity index (χ0v) is 15.0. The summed E-state index contributed by atoms with van der Waals surface area (Å²) in [6.45, 7) is -0.174. The number of carbonyl (C=O) groups excluding carboxylic acids is 3. The van der Waals surface area contributed by atoms with Gasteiger partial charge in [-0.25, -0.2) is 4.79 Å². The van der Waals surface area contributed by atoms with E-state index in [2.05, 4.69) is 38.0 Å². The molecular weight excluding hydrogens is 423 g/mol. The third kappa shape index (κ3) is 4.79. The molecule has 2 amide bonds. The molecule has 24 heavy (non-hydrogen) atoms. The molecule has 0 fully saturated rings. The van der Waals surface area contributed by atoms with Crippen LogP contribution in [-0.2, 0) is 9.53 Å². The molecule has 2 aromatic rings. The summed E-state index contributed by atoms with van der Waals surface area (Å²) in [4.78, 5) is 35.5. The molecule has 0 unspecified atom stereocenters. The second kappa shape index (κ2) is 8.44. The van der Waals surface area contributed by atoms with E-state index >= 15 is 0 Å². The molecule has 2 N–H and O–H groups in total.